The Morgan fingerprint density at radius 1 is 1.38 bits per heavy atom. The Morgan fingerprint density at radius 3 is 2.50 bits per heavy atom. The summed E-state index contributed by atoms with van der Waals surface area (Å²) in [6, 6.07) is 3.15. The standard InChI is InChI=1S/C11H10F4O/c1-7(6-16)5-8-3-2-4-9(12)10(8)11(13,14)15/h2-4,6-7H,5H2,1H3. The zero-order valence-corrected chi connectivity index (χ0v) is 8.51. The molecule has 0 fully saturated rings. The fourth-order valence-corrected chi connectivity index (χ4v) is 1.45. The van der Waals surface area contributed by atoms with Gasteiger partial charge in [-0.3, -0.25) is 0 Å². The molecule has 1 unspecified atom stereocenters. The lowest BCUT2D eigenvalue weighted by Crippen LogP contribution is -2.14. The molecule has 16 heavy (non-hydrogen) atoms. The highest BCUT2D eigenvalue weighted by atomic mass is 19.4. The molecule has 0 radical (unpaired) electrons. The lowest BCUT2D eigenvalue weighted by molar-refractivity contribution is -0.140. The lowest BCUT2D eigenvalue weighted by atomic mass is 9.97. The first kappa shape index (κ1) is 12.7. The zero-order chi connectivity index (χ0) is 12.3. The number of rotatable bonds is 3. The average molecular weight is 234 g/mol. The van der Waals surface area contributed by atoms with Crippen molar-refractivity contribution in [2.24, 2.45) is 5.92 Å². The van der Waals surface area contributed by atoms with E-state index in [1.807, 2.05) is 0 Å². The van der Waals surface area contributed by atoms with E-state index in [0.717, 1.165) is 6.07 Å². The fraction of sp³-hybridized carbons (Fsp3) is 0.364. The molecule has 0 amide bonds. The van der Waals surface area contributed by atoms with Crippen LogP contribution in [-0.2, 0) is 17.4 Å². The summed E-state index contributed by atoms with van der Waals surface area (Å²) in [6.45, 7) is 1.48. The van der Waals surface area contributed by atoms with Gasteiger partial charge in [0.25, 0.3) is 0 Å². The number of carbonyl (C=O) groups excluding carboxylic acids is 1. The molecule has 0 heterocycles. The van der Waals surface area contributed by atoms with Crippen molar-refractivity contribution in [1.29, 1.82) is 0 Å². The van der Waals surface area contributed by atoms with Crippen molar-refractivity contribution in [2.45, 2.75) is 19.5 Å². The van der Waals surface area contributed by atoms with Gasteiger partial charge in [-0.2, -0.15) is 13.2 Å². The van der Waals surface area contributed by atoms with Crippen molar-refractivity contribution in [3.8, 4) is 0 Å². The number of halogens is 4. The van der Waals surface area contributed by atoms with E-state index < -0.39 is 23.5 Å². The summed E-state index contributed by atoms with van der Waals surface area (Å²) in [7, 11) is 0. The highest BCUT2D eigenvalue weighted by Gasteiger charge is 2.36. The second-order valence-corrected chi connectivity index (χ2v) is 3.59. The third kappa shape index (κ3) is 2.81. The Bertz CT molecular complexity index is 384. The second-order valence-electron chi connectivity index (χ2n) is 3.59. The summed E-state index contributed by atoms with van der Waals surface area (Å²) in [5, 5.41) is 0. The third-order valence-corrected chi connectivity index (χ3v) is 2.16. The molecule has 5 heteroatoms. The summed E-state index contributed by atoms with van der Waals surface area (Å²) < 4.78 is 50.7. The Hall–Kier alpha value is -1.39. The van der Waals surface area contributed by atoms with Gasteiger partial charge in [0, 0.05) is 5.92 Å². The normalized spacial score (nSPS) is 13.6. The van der Waals surface area contributed by atoms with Crippen LogP contribution in [0.2, 0.25) is 0 Å². The van der Waals surface area contributed by atoms with Gasteiger partial charge in [0.05, 0.1) is 5.56 Å². The van der Waals surface area contributed by atoms with Crippen molar-refractivity contribution in [2.75, 3.05) is 0 Å². The van der Waals surface area contributed by atoms with Gasteiger partial charge in [0.2, 0.25) is 0 Å². The minimum absolute atomic E-state index is 0.115. The van der Waals surface area contributed by atoms with Crippen LogP contribution in [0.15, 0.2) is 18.2 Å². The Kier molecular flexibility index (Phi) is 3.67. The molecule has 0 saturated heterocycles. The monoisotopic (exact) mass is 234 g/mol. The minimum Gasteiger partial charge on any atom is -0.303 e. The van der Waals surface area contributed by atoms with E-state index in [4.69, 9.17) is 0 Å². The van der Waals surface area contributed by atoms with Crippen LogP contribution in [0.1, 0.15) is 18.1 Å². The van der Waals surface area contributed by atoms with Crippen LogP contribution in [-0.4, -0.2) is 6.29 Å². The Morgan fingerprint density at radius 2 is 2.00 bits per heavy atom. The molecule has 0 saturated carbocycles. The smallest absolute Gasteiger partial charge is 0.303 e. The predicted octanol–water partition coefficient (Wildman–Crippen LogP) is 3.22. The highest BCUT2D eigenvalue weighted by molar-refractivity contribution is 5.54. The number of carbonyl (C=O) groups is 1. The van der Waals surface area contributed by atoms with Crippen molar-refractivity contribution >= 4 is 6.29 Å². The summed E-state index contributed by atoms with van der Waals surface area (Å²) in [5.41, 5.74) is -1.46. The highest BCUT2D eigenvalue weighted by Crippen LogP contribution is 2.34. The summed E-state index contributed by atoms with van der Waals surface area (Å²) in [6.07, 6.45) is -4.30. The molecule has 0 bridgehead atoms. The minimum atomic E-state index is -4.73. The molecule has 0 aliphatic rings. The summed E-state index contributed by atoms with van der Waals surface area (Å²) in [4.78, 5) is 10.4. The maximum absolute atomic E-state index is 13.1. The van der Waals surface area contributed by atoms with E-state index >= 15 is 0 Å². The molecule has 0 aromatic heterocycles. The van der Waals surface area contributed by atoms with Crippen LogP contribution < -0.4 is 0 Å². The van der Waals surface area contributed by atoms with Crippen molar-refractivity contribution in [3.63, 3.8) is 0 Å². The summed E-state index contributed by atoms with van der Waals surface area (Å²) in [5.74, 6) is -1.87. The van der Waals surface area contributed by atoms with E-state index in [0.29, 0.717) is 6.29 Å². The topological polar surface area (TPSA) is 17.1 Å². The SMILES string of the molecule is CC(C=O)Cc1cccc(F)c1C(F)(F)F. The Balaban J connectivity index is 3.18. The van der Waals surface area contributed by atoms with E-state index in [2.05, 4.69) is 0 Å². The lowest BCUT2D eigenvalue weighted by Gasteiger charge is -2.14. The molecule has 1 rings (SSSR count). The number of hydrogen-bond donors (Lipinski definition) is 0. The maximum atomic E-state index is 13.1. The van der Waals surface area contributed by atoms with Crippen LogP contribution in [0.4, 0.5) is 17.6 Å². The molecular formula is C11H10F4O. The van der Waals surface area contributed by atoms with Gasteiger partial charge < -0.3 is 4.79 Å². The van der Waals surface area contributed by atoms with E-state index in [1.54, 1.807) is 0 Å². The first-order valence-corrected chi connectivity index (χ1v) is 4.66. The predicted molar refractivity (Wildman–Crippen MR) is 50.3 cm³/mol. The molecule has 1 aromatic rings. The molecule has 0 spiro atoms. The second kappa shape index (κ2) is 4.63. The molecule has 0 N–H and O–H groups in total. The molecule has 1 aromatic carbocycles. The number of alkyl halides is 3. The van der Waals surface area contributed by atoms with Gasteiger partial charge in [-0.05, 0) is 18.1 Å². The van der Waals surface area contributed by atoms with Gasteiger partial charge in [-0.15, -0.1) is 0 Å². The van der Waals surface area contributed by atoms with Crippen LogP contribution in [0.5, 0.6) is 0 Å². The quantitative estimate of drug-likeness (QED) is 0.579. The summed E-state index contributed by atoms with van der Waals surface area (Å²) >= 11 is 0. The van der Waals surface area contributed by atoms with Crippen LogP contribution in [0, 0.1) is 11.7 Å². The largest absolute Gasteiger partial charge is 0.419 e. The zero-order valence-electron chi connectivity index (χ0n) is 8.51. The van der Waals surface area contributed by atoms with Crippen LogP contribution >= 0.6 is 0 Å². The number of benzene rings is 1. The molecule has 0 aliphatic heterocycles. The van der Waals surface area contributed by atoms with Gasteiger partial charge in [0.15, 0.2) is 0 Å². The molecular weight excluding hydrogens is 224 g/mol. The number of hydrogen-bond acceptors (Lipinski definition) is 1. The van der Waals surface area contributed by atoms with Crippen molar-refractivity contribution in [1.82, 2.24) is 0 Å². The number of aldehydes is 1. The Labute approximate surface area is 90.1 Å². The molecule has 1 atom stereocenters. The van der Waals surface area contributed by atoms with Crippen LogP contribution in [0.3, 0.4) is 0 Å². The van der Waals surface area contributed by atoms with Crippen molar-refractivity contribution < 1.29 is 22.4 Å². The first-order chi connectivity index (χ1) is 7.36. The van der Waals surface area contributed by atoms with E-state index in [1.165, 1.54) is 19.1 Å². The van der Waals surface area contributed by atoms with Gasteiger partial charge >= 0.3 is 6.18 Å². The van der Waals surface area contributed by atoms with E-state index in [-0.39, 0.29) is 12.0 Å². The first-order valence-electron chi connectivity index (χ1n) is 4.66. The van der Waals surface area contributed by atoms with Crippen LogP contribution in [0.25, 0.3) is 0 Å². The van der Waals surface area contributed by atoms with Crippen molar-refractivity contribution in [3.05, 3.63) is 35.1 Å². The van der Waals surface area contributed by atoms with Gasteiger partial charge in [-0.1, -0.05) is 19.1 Å². The maximum Gasteiger partial charge on any atom is 0.419 e. The molecule has 88 valence electrons. The molecule has 0 aliphatic carbocycles. The average Bonchev–Trinajstić information content (AvgIpc) is 2.15. The fourth-order valence-electron chi connectivity index (χ4n) is 1.45. The van der Waals surface area contributed by atoms with E-state index in [9.17, 15) is 22.4 Å². The van der Waals surface area contributed by atoms with Gasteiger partial charge in [0.1, 0.15) is 12.1 Å². The van der Waals surface area contributed by atoms with Gasteiger partial charge in [-0.25, -0.2) is 4.39 Å². The molecule has 1 nitrogen and oxygen atoms in total. The third-order valence-electron chi connectivity index (χ3n) is 2.16.